The fraction of sp³-hybridized carbons (Fsp3) is 0.200. The molecule has 0 unspecified atom stereocenters. The van der Waals surface area contributed by atoms with E-state index in [0.29, 0.717) is 33.9 Å². The number of amides is 2. The number of halogens is 3. The maximum atomic E-state index is 13.2. The predicted octanol–water partition coefficient (Wildman–Crippen LogP) is 4.66. The van der Waals surface area contributed by atoms with Crippen LogP contribution in [0.2, 0.25) is 10.0 Å². The molecule has 0 radical (unpaired) electrons. The minimum Gasteiger partial charge on any atom is -0.326 e. The smallest absolute Gasteiger partial charge is 0.234 e. The van der Waals surface area contributed by atoms with Crippen LogP contribution in [-0.2, 0) is 22.6 Å². The molecule has 1 aromatic heterocycles. The van der Waals surface area contributed by atoms with E-state index in [4.69, 9.17) is 23.2 Å². The molecule has 0 aliphatic carbocycles. The zero-order chi connectivity index (χ0) is 22.4. The third-order valence-electron chi connectivity index (χ3n) is 4.09. The summed E-state index contributed by atoms with van der Waals surface area (Å²) in [5, 5.41) is 14.6. The van der Waals surface area contributed by atoms with Crippen LogP contribution >= 0.6 is 35.0 Å². The van der Waals surface area contributed by atoms with Crippen molar-refractivity contribution in [2.24, 2.45) is 0 Å². The lowest BCUT2D eigenvalue weighted by molar-refractivity contribution is -0.116. The van der Waals surface area contributed by atoms with Crippen molar-refractivity contribution >= 4 is 58.2 Å². The molecule has 0 atom stereocenters. The van der Waals surface area contributed by atoms with Gasteiger partial charge in [-0.15, -0.1) is 10.2 Å². The van der Waals surface area contributed by atoms with Crippen molar-refractivity contribution in [2.45, 2.75) is 25.0 Å². The van der Waals surface area contributed by atoms with E-state index in [9.17, 15) is 14.0 Å². The highest BCUT2D eigenvalue weighted by Gasteiger charge is 2.16. The van der Waals surface area contributed by atoms with E-state index in [2.05, 4.69) is 20.8 Å². The Morgan fingerprint density at radius 2 is 1.71 bits per heavy atom. The van der Waals surface area contributed by atoms with Crippen LogP contribution in [0, 0.1) is 5.82 Å². The highest BCUT2D eigenvalue weighted by molar-refractivity contribution is 7.99. The number of benzene rings is 2. The zero-order valence-electron chi connectivity index (χ0n) is 16.4. The third-order valence-corrected chi connectivity index (χ3v) is 5.60. The molecule has 0 saturated heterocycles. The molecule has 0 bridgehead atoms. The van der Waals surface area contributed by atoms with Crippen molar-refractivity contribution in [3.63, 3.8) is 0 Å². The molecule has 2 amide bonds. The molecular formula is C20H18Cl2FN5O2S. The van der Waals surface area contributed by atoms with Crippen molar-refractivity contribution in [3.8, 4) is 0 Å². The van der Waals surface area contributed by atoms with E-state index in [-0.39, 0.29) is 29.0 Å². The molecule has 31 heavy (non-hydrogen) atoms. The van der Waals surface area contributed by atoms with Crippen LogP contribution in [0.3, 0.4) is 0 Å². The van der Waals surface area contributed by atoms with Gasteiger partial charge >= 0.3 is 0 Å². The fourth-order valence-electron chi connectivity index (χ4n) is 2.66. The second kappa shape index (κ2) is 10.6. The van der Waals surface area contributed by atoms with Gasteiger partial charge in [-0.2, -0.15) is 0 Å². The molecule has 11 heteroatoms. The van der Waals surface area contributed by atoms with Crippen molar-refractivity contribution in [1.82, 2.24) is 14.8 Å². The summed E-state index contributed by atoms with van der Waals surface area (Å²) in [5.41, 5.74) is 1.03. The lowest BCUT2D eigenvalue weighted by Crippen LogP contribution is -2.18. The molecule has 1 heterocycles. The second-order valence-corrected chi connectivity index (χ2v) is 8.13. The summed E-state index contributed by atoms with van der Waals surface area (Å²) in [4.78, 5) is 24.5. The first kappa shape index (κ1) is 23.1. The third kappa shape index (κ3) is 6.43. The minimum absolute atomic E-state index is 0.0320. The number of nitrogens with zero attached hydrogens (tertiary/aromatic N) is 3. The Bertz CT molecular complexity index is 1090. The first-order chi connectivity index (χ1) is 14.9. The number of carbonyl (C=O) groups is 2. The maximum Gasteiger partial charge on any atom is 0.234 e. The average Bonchev–Trinajstić information content (AvgIpc) is 3.12. The van der Waals surface area contributed by atoms with Gasteiger partial charge in [-0.1, -0.05) is 35.0 Å². The highest BCUT2D eigenvalue weighted by Crippen LogP contribution is 2.21. The molecule has 3 rings (SSSR count). The van der Waals surface area contributed by atoms with Gasteiger partial charge in [0.2, 0.25) is 11.8 Å². The van der Waals surface area contributed by atoms with E-state index in [1.165, 1.54) is 30.0 Å². The number of aromatic nitrogens is 3. The van der Waals surface area contributed by atoms with Gasteiger partial charge in [0.1, 0.15) is 11.6 Å². The fourth-order valence-corrected chi connectivity index (χ4v) is 3.79. The second-order valence-electron chi connectivity index (χ2n) is 6.34. The number of carbonyl (C=O) groups excluding carboxylic acids is 2. The van der Waals surface area contributed by atoms with Gasteiger partial charge in [-0.3, -0.25) is 9.59 Å². The number of anilines is 2. The summed E-state index contributed by atoms with van der Waals surface area (Å²) < 4.78 is 15.0. The van der Waals surface area contributed by atoms with Gasteiger partial charge < -0.3 is 15.2 Å². The Kier molecular flexibility index (Phi) is 7.89. The van der Waals surface area contributed by atoms with E-state index in [1.54, 1.807) is 28.8 Å². The molecule has 0 saturated carbocycles. The topological polar surface area (TPSA) is 88.9 Å². The Labute approximate surface area is 192 Å². The van der Waals surface area contributed by atoms with Crippen LogP contribution in [-0.4, -0.2) is 32.3 Å². The van der Waals surface area contributed by atoms with Gasteiger partial charge in [0.05, 0.1) is 17.2 Å². The SMILES string of the molecule is CCn1c(CC(=O)Nc2ccc(Cl)cc2)nnc1SCC(=O)Nc1ccc(F)c(Cl)c1. The maximum absolute atomic E-state index is 13.2. The van der Waals surface area contributed by atoms with Crippen molar-refractivity contribution in [3.05, 3.63) is 64.2 Å². The molecular weight excluding hydrogens is 464 g/mol. The molecule has 0 aliphatic heterocycles. The Morgan fingerprint density at radius 1 is 1.03 bits per heavy atom. The lowest BCUT2D eigenvalue weighted by Gasteiger charge is -2.09. The summed E-state index contributed by atoms with van der Waals surface area (Å²) in [5.74, 6) is -0.559. The standard InChI is InChI=1S/C20H18Cl2FN5O2S/c1-2-28-17(10-18(29)24-13-5-3-12(21)4-6-13)26-27-20(28)31-11-19(30)25-14-7-8-16(23)15(22)9-14/h3-9H,2,10-11H2,1H3,(H,24,29)(H,25,30). The molecule has 2 aromatic carbocycles. The number of hydrogen-bond acceptors (Lipinski definition) is 5. The number of rotatable bonds is 8. The van der Waals surface area contributed by atoms with Crippen LogP contribution in [0.15, 0.2) is 47.6 Å². The van der Waals surface area contributed by atoms with Crippen LogP contribution in [0.4, 0.5) is 15.8 Å². The lowest BCUT2D eigenvalue weighted by atomic mass is 10.3. The molecule has 0 spiro atoms. The number of hydrogen-bond donors (Lipinski definition) is 2. The zero-order valence-corrected chi connectivity index (χ0v) is 18.7. The molecule has 0 aliphatic rings. The van der Waals surface area contributed by atoms with Gasteiger partial charge in [-0.05, 0) is 49.4 Å². The molecule has 0 fully saturated rings. The monoisotopic (exact) mass is 481 g/mol. The number of thioether (sulfide) groups is 1. The Morgan fingerprint density at radius 3 is 2.39 bits per heavy atom. The molecule has 2 N–H and O–H groups in total. The van der Waals surface area contributed by atoms with Gasteiger partial charge in [-0.25, -0.2) is 4.39 Å². The van der Waals surface area contributed by atoms with E-state index in [0.717, 1.165) is 0 Å². The summed E-state index contributed by atoms with van der Waals surface area (Å²) in [6.07, 6.45) is 0.0320. The van der Waals surface area contributed by atoms with E-state index in [1.807, 2.05) is 6.92 Å². The van der Waals surface area contributed by atoms with Crippen LogP contribution in [0.25, 0.3) is 0 Å². The molecule has 3 aromatic rings. The van der Waals surface area contributed by atoms with Gasteiger partial charge in [0, 0.05) is 22.9 Å². The first-order valence-corrected chi connectivity index (χ1v) is 10.9. The van der Waals surface area contributed by atoms with Crippen LogP contribution in [0.1, 0.15) is 12.7 Å². The quantitative estimate of drug-likeness (QED) is 0.456. The largest absolute Gasteiger partial charge is 0.326 e. The Hall–Kier alpha value is -2.62. The van der Waals surface area contributed by atoms with Crippen molar-refractivity contribution in [1.29, 1.82) is 0 Å². The summed E-state index contributed by atoms with van der Waals surface area (Å²) in [6.45, 7) is 2.43. The number of nitrogens with one attached hydrogen (secondary N) is 2. The van der Waals surface area contributed by atoms with E-state index >= 15 is 0 Å². The highest BCUT2D eigenvalue weighted by atomic mass is 35.5. The minimum atomic E-state index is -0.558. The first-order valence-electron chi connectivity index (χ1n) is 9.21. The summed E-state index contributed by atoms with van der Waals surface area (Å²) >= 11 is 12.7. The van der Waals surface area contributed by atoms with Crippen molar-refractivity contribution in [2.75, 3.05) is 16.4 Å². The van der Waals surface area contributed by atoms with Crippen LogP contribution < -0.4 is 10.6 Å². The summed E-state index contributed by atoms with van der Waals surface area (Å²) in [6, 6.07) is 10.7. The normalized spacial score (nSPS) is 10.7. The molecule has 7 nitrogen and oxygen atoms in total. The summed E-state index contributed by atoms with van der Waals surface area (Å²) in [7, 11) is 0. The van der Waals surface area contributed by atoms with Gasteiger partial charge in [0.15, 0.2) is 5.16 Å². The predicted molar refractivity (Wildman–Crippen MR) is 120 cm³/mol. The van der Waals surface area contributed by atoms with Crippen molar-refractivity contribution < 1.29 is 14.0 Å². The van der Waals surface area contributed by atoms with Crippen LogP contribution in [0.5, 0.6) is 0 Å². The Balaban J connectivity index is 1.57. The average molecular weight is 482 g/mol. The van der Waals surface area contributed by atoms with E-state index < -0.39 is 5.82 Å². The van der Waals surface area contributed by atoms with Gasteiger partial charge in [0.25, 0.3) is 0 Å². The molecule has 162 valence electrons.